The molecule has 0 aromatic heterocycles. The van der Waals surface area contributed by atoms with Gasteiger partial charge in [-0.05, 0) is 37.3 Å². The summed E-state index contributed by atoms with van der Waals surface area (Å²) < 4.78 is 84.0. The van der Waals surface area contributed by atoms with Gasteiger partial charge in [-0.2, -0.15) is 26.3 Å². The molecule has 0 aliphatic carbocycles. The second kappa shape index (κ2) is 6.68. The van der Waals surface area contributed by atoms with Crippen molar-refractivity contribution in [3.05, 3.63) is 58.7 Å². The van der Waals surface area contributed by atoms with Crippen LogP contribution in [0.2, 0.25) is 0 Å². The molecule has 0 radical (unpaired) electrons. The number of amides is 1. The quantitative estimate of drug-likeness (QED) is 0.729. The van der Waals surface area contributed by atoms with E-state index < -0.39 is 47.3 Å². The molecule has 0 saturated heterocycles. The summed E-state index contributed by atoms with van der Waals surface area (Å²) in [5.74, 6) is -3.02. The normalized spacial score (nSPS) is 17.0. The zero-order chi connectivity index (χ0) is 21.7. The number of carboxylic acid groups (broad SMARTS) is 1. The number of hydrogen-bond donors (Lipinski definition) is 1. The summed E-state index contributed by atoms with van der Waals surface area (Å²) in [6, 6.07) is 4.52. The highest BCUT2D eigenvalue weighted by atomic mass is 19.4. The smallest absolute Gasteiger partial charge is 0.416 e. The predicted octanol–water partition coefficient (Wildman–Crippen LogP) is 4.48. The van der Waals surface area contributed by atoms with Gasteiger partial charge in [0.05, 0.1) is 16.7 Å². The van der Waals surface area contributed by atoms with Gasteiger partial charge in [0.15, 0.2) is 0 Å². The standard InChI is InChI=1S/C18H11F6NO4/c1-8-2-3-13-12(4-8)14(26)25(15(29-13)16(27)28)11-6-9(17(19,20)21)5-10(7-11)18(22,23)24/h2-7,15H,1H3,(H,27,28). The molecule has 3 rings (SSSR count). The lowest BCUT2D eigenvalue weighted by Crippen LogP contribution is -2.52. The van der Waals surface area contributed by atoms with Crippen molar-refractivity contribution >= 4 is 17.6 Å². The first-order chi connectivity index (χ1) is 13.3. The zero-order valence-corrected chi connectivity index (χ0v) is 14.4. The van der Waals surface area contributed by atoms with Crippen molar-refractivity contribution in [3.63, 3.8) is 0 Å². The number of halogens is 6. The minimum atomic E-state index is -5.16. The molecule has 1 aliphatic rings. The Labute approximate surface area is 159 Å². The van der Waals surface area contributed by atoms with Crippen LogP contribution in [-0.4, -0.2) is 23.2 Å². The molecule has 1 heterocycles. The highest BCUT2D eigenvalue weighted by molar-refractivity contribution is 6.12. The van der Waals surface area contributed by atoms with E-state index in [9.17, 15) is 41.0 Å². The molecule has 1 unspecified atom stereocenters. The van der Waals surface area contributed by atoms with Gasteiger partial charge in [-0.1, -0.05) is 11.6 Å². The predicted molar refractivity (Wildman–Crippen MR) is 86.5 cm³/mol. The Kier molecular flexibility index (Phi) is 4.72. The fourth-order valence-electron chi connectivity index (χ4n) is 2.81. The molecule has 5 nitrogen and oxygen atoms in total. The van der Waals surface area contributed by atoms with E-state index in [1.54, 1.807) is 6.92 Å². The lowest BCUT2D eigenvalue weighted by atomic mass is 10.0. The Morgan fingerprint density at radius 1 is 1.00 bits per heavy atom. The Morgan fingerprint density at radius 2 is 1.55 bits per heavy atom. The summed E-state index contributed by atoms with van der Waals surface area (Å²) in [7, 11) is 0. The van der Waals surface area contributed by atoms with Crippen molar-refractivity contribution in [1.82, 2.24) is 0 Å². The van der Waals surface area contributed by atoms with Crippen molar-refractivity contribution in [1.29, 1.82) is 0 Å². The highest BCUT2D eigenvalue weighted by Gasteiger charge is 2.43. The Bertz CT molecular complexity index is 967. The van der Waals surface area contributed by atoms with Crippen LogP contribution in [0.25, 0.3) is 0 Å². The average Bonchev–Trinajstić information content (AvgIpc) is 2.60. The highest BCUT2D eigenvalue weighted by Crippen LogP contribution is 2.40. The van der Waals surface area contributed by atoms with Crippen LogP contribution in [0.5, 0.6) is 5.75 Å². The summed E-state index contributed by atoms with van der Waals surface area (Å²) in [4.78, 5) is 24.6. The first-order valence-electron chi connectivity index (χ1n) is 7.92. The maximum absolute atomic E-state index is 13.1. The molecule has 0 saturated carbocycles. The van der Waals surface area contributed by atoms with Crippen LogP contribution in [0.3, 0.4) is 0 Å². The molecule has 1 amide bonds. The van der Waals surface area contributed by atoms with Crippen LogP contribution < -0.4 is 9.64 Å². The number of alkyl halides is 6. The van der Waals surface area contributed by atoms with Crippen molar-refractivity contribution in [3.8, 4) is 5.75 Å². The Balaban J connectivity index is 2.24. The van der Waals surface area contributed by atoms with Crippen LogP contribution >= 0.6 is 0 Å². The van der Waals surface area contributed by atoms with E-state index in [1.165, 1.54) is 18.2 Å². The molecule has 0 fully saturated rings. The lowest BCUT2D eigenvalue weighted by molar-refractivity contribution is -0.145. The number of carboxylic acids is 1. The molecule has 2 aromatic carbocycles. The van der Waals surface area contributed by atoms with Gasteiger partial charge in [-0.15, -0.1) is 0 Å². The van der Waals surface area contributed by atoms with Crippen molar-refractivity contribution in [2.45, 2.75) is 25.5 Å². The first-order valence-corrected chi connectivity index (χ1v) is 7.92. The molecule has 1 aliphatic heterocycles. The molecule has 29 heavy (non-hydrogen) atoms. The monoisotopic (exact) mass is 419 g/mol. The van der Waals surface area contributed by atoms with E-state index in [1.807, 2.05) is 0 Å². The summed E-state index contributed by atoms with van der Waals surface area (Å²) in [6.45, 7) is 1.59. The number of benzene rings is 2. The number of ether oxygens (including phenoxy) is 1. The van der Waals surface area contributed by atoms with Crippen LogP contribution in [0.4, 0.5) is 32.0 Å². The molecule has 1 atom stereocenters. The number of carbonyl (C=O) groups is 2. The summed E-state index contributed by atoms with van der Waals surface area (Å²) >= 11 is 0. The van der Waals surface area contributed by atoms with E-state index in [2.05, 4.69) is 0 Å². The second-order valence-electron chi connectivity index (χ2n) is 6.25. The van der Waals surface area contributed by atoms with E-state index in [0.717, 1.165) is 0 Å². The number of rotatable bonds is 2. The third-order valence-corrected chi connectivity index (χ3v) is 4.12. The third kappa shape index (κ3) is 3.84. The van der Waals surface area contributed by atoms with Crippen molar-refractivity contribution in [2.24, 2.45) is 0 Å². The minimum Gasteiger partial charge on any atom is -0.477 e. The number of fused-ring (bicyclic) bond motifs is 1. The fourth-order valence-corrected chi connectivity index (χ4v) is 2.81. The van der Waals surface area contributed by atoms with Crippen LogP contribution in [-0.2, 0) is 17.1 Å². The van der Waals surface area contributed by atoms with Crippen LogP contribution in [0.1, 0.15) is 27.0 Å². The number of nitrogens with zero attached hydrogens (tertiary/aromatic N) is 1. The minimum absolute atomic E-state index is 0.118. The second-order valence-corrected chi connectivity index (χ2v) is 6.25. The molecule has 154 valence electrons. The van der Waals surface area contributed by atoms with Gasteiger partial charge in [0.1, 0.15) is 5.75 Å². The van der Waals surface area contributed by atoms with Crippen LogP contribution in [0, 0.1) is 6.92 Å². The van der Waals surface area contributed by atoms with Gasteiger partial charge < -0.3 is 9.84 Å². The largest absolute Gasteiger partial charge is 0.477 e. The maximum Gasteiger partial charge on any atom is 0.416 e. The van der Waals surface area contributed by atoms with E-state index >= 15 is 0 Å². The summed E-state index contributed by atoms with van der Waals surface area (Å²) in [5, 5.41) is 9.36. The van der Waals surface area contributed by atoms with Gasteiger partial charge in [-0.25, -0.2) is 4.79 Å². The molecule has 1 N–H and O–H groups in total. The number of aryl methyl sites for hydroxylation is 1. The topological polar surface area (TPSA) is 66.8 Å². The molecular formula is C18H11F6NO4. The Hall–Kier alpha value is -3.24. The van der Waals surface area contributed by atoms with Crippen molar-refractivity contribution in [2.75, 3.05) is 4.90 Å². The number of aliphatic carboxylic acids is 1. The fraction of sp³-hybridized carbons (Fsp3) is 0.222. The Morgan fingerprint density at radius 3 is 2.03 bits per heavy atom. The van der Waals surface area contributed by atoms with E-state index in [4.69, 9.17) is 4.74 Å². The van der Waals surface area contributed by atoms with Crippen LogP contribution in [0.15, 0.2) is 36.4 Å². The summed E-state index contributed by atoms with van der Waals surface area (Å²) in [6.07, 6.45) is -12.5. The van der Waals surface area contributed by atoms with E-state index in [-0.39, 0.29) is 34.4 Å². The van der Waals surface area contributed by atoms with Gasteiger partial charge in [0, 0.05) is 5.69 Å². The molecule has 2 aromatic rings. The zero-order valence-electron chi connectivity index (χ0n) is 14.4. The van der Waals surface area contributed by atoms with Crippen molar-refractivity contribution < 1.29 is 45.8 Å². The first kappa shape index (κ1) is 20.5. The van der Waals surface area contributed by atoms with E-state index in [0.29, 0.717) is 5.56 Å². The molecule has 11 heteroatoms. The van der Waals surface area contributed by atoms with Gasteiger partial charge >= 0.3 is 18.3 Å². The molecular weight excluding hydrogens is 408 g/mol. The summed E-state index contributed by atoms with van der Waals surface area (Å²) in [5.41, 5.74) is -3.91. The van der Waals surface area contributed by atoms with Gasteiger partial charge in [0.25, 0.3) is 12.1 Å². The SMILES string of the molecule is Cc1ccc2c(c1)C(=O)N(c1cc(C(F)(F)F)cc(C(F)(F)F)c1)C(C(=O)O)O2. The molecule has 0 bridgehead atoms. The number of anilines is 1. The maximum atomic E-state index is 13.1. The molecule has 0 spiro atoms. The van der Waals surface area contributed by atoms with Gasteiger partial charge in [-0.3, -0.25) is 9.69 Å². The van der Waals surface area contributed by atoms with Gasteiger partial charge in [0.2, 0.25) is 0 Å². The lowest BCUT2D eigenvalue weighted by Gasteiger charge is -2.34. The number of carbonyl (C=O) groups excluding carboxylic acids is 1. The average molecular weight is 419 g/mol. The number of hydrogen-bond acceptors (Lipinski definition) is 3. The third-order valence-electron chi connectivity index (χ3n) is 4.12.